The van der Waals surface area contributed by atoms with Gasteiger partial charge in [-0.2, -0.15) is 0 Å². The molecule has 0 unspecified atom stereocenters. The van der Waals surface area contributed by atoms with E-state index in [4.69, 9.17) is 21.1 Å². The van der Waals surface area contributed by atoms with Crippen molar-refractivity contribution in [1.82, 2.24) is 15.5 Å². The highest BCUT2D eigenvalue weighted by molar-refractivity contribution is 6.31. The first-order chi connectivity index (χ1) is 16.9. The van der Waals surface area contributed by atoms with Gasteiger partial charge in [-0.15, -0.1) is 0 Å². The summed E-state index contributed by atoms with van der Waals surface area (Å²) in [6.07, 6.45) is 1.75. The van der Waals surface area contributed by atoms with E-state index in [9.17, 15) is 14.4 Å². The molecule has 2 fully saturated rings. The second-order valence-electron chi connectivity index (χ2n) is 8.95. The van der Waals surface area contributed by atoms with Gasteiger partial charge in [0.25, 0.3) is 5.91 Å². The van der Waals surface area contributed by atoms with Crippen molar-refractivity contribution in [2.75, 3.05) is 26.9 Å². The van der Waals surface area contributed by atoms with E-state index in [2.05, 4.69) is 10.6 Å². The summed E-state index contributed by atoms with van der Waals surface area (Å²) in [7, 11) is 1.61. The van der Waals surface area contributed by atoms with Crippen LogP contribution in [-0.4, -0.2) is 55.7 Å². The van der Waals surface area contributed by atoms with E-state index in [0.717, 1.165) is 16.9 Å². The predicted octanol–water partition coefficient (Wildman–Crippen LogP) is 3.41. The van der Waals surface area contributed by atoms with Crippen LogP contribution in [0.5, 0.6) is 5.75 Å². The van der Waals surface area contributed by atoms with Crippen LogP contribution in [0.25, 0.3) is 0 Å². The number of halogens is 1. The van der Waals surface area contributed by atoms with E-state index in [0.29, 0.717) is 37.6 Å². The van der Waals surface area contributed by atoms with Gasteiger partial charge in [-0.25, -0.2) is 4.79 Å². The van der Waals surface area contributed by atoms with Crippen LogP contribution in [0.2, 0.25) is 5.02 Å². The van der Waals surface area contributed by atoms with Crippen LogP contribution < -0.4 is 15.4 Å². The summed E-state index contributed by atoms with van der Waals surface area (Å²) in [5, 5.41) is 6.16. The molecule has 0 bridgehead atoms. The Bertz CT molecular complexity index is 1070. The summed E-state index contributed by atoms with van der Waals surface area (Å²) >= 11 is 6.13. The lowest BCUT2D eigenvalue weighted by Gasteiger charge is -2.39. The van der Waals surface area contributed by atoms with Crippen molar-refractivity contribution >= 4 is 29.4 Å². The van der Waals surface area contributed by atoms with Gasteiger partial charge in [0.1, 0.15) is 11.8 Å². The van der Waals surface area contributed by atoms with Crippen LogP contribution >= 0.6 is 11.6 Å². The number of amides is 4. The number of methoxy groups -OCH3 is 1. The van der Waals surface area contributed by atoms with Crippen LogP contribution in [0, 0.1) is 0 Å². The minimum atomic E-state index is -0.721. The molecule has 1 atom stereocenters. The Kier molecular flexibility index (Phi) is 7.93. The number of carbonyl (C=O) groups is 3. The van der Waals surface area contributed by atoms with Crippen molar-refractivity contribution < 1.29 is 23.9 Å². The molecule has 0 aromatic heterocycles. The largest absolute Gasteiger partial charge is 0.497 e. The minimum absolute atomic E-state index is 0.118. The fourth-order valence-electron chi connectivity index (χ4n) is 4.67. The lowest BCUT2D eigenvalue weighted by atomic mass is 9.73. The average molecular weight is 500 g/mol. The van der Waals surface area contributed by atoms with Crippen molar-refractivity contribution in [2.45, 2.75) is 43.7 Å². The highest BCUT2D eigenvalue weighted by Gasteiger charge is 2.44. The quantitative estimate of drug-likeness (QED) is 0.515. The summed E-state index contributed by atoms with van der Waals surface area (Å²) in [6, 6.07) is 13.9. The summed E-state index contributed by atoms with van der Waals surface area (Å²) < 4.78 is 10.8. The normalized spacial score (nSPS) is 19.4. The molecule has 2 aliphatic rings. The van der Waals surface area contributed by atoms with Gasteiger partial charge < -0.3 is 20.1 Å². The molecule has 9 heteroatoms. The standard InChI is InChI=1S/C26H30ClN3O5/c1-34-20-8-6-19(7-9-20)26(12-14-35-15-13-26)17-30-24(32)22(29-25(30)33)10-11-23(31)28-16-18-4-2-3-5-21(18)27/h2-9,22H,10-17H2,1H3,(H,28,31)(H,29,33)/t22-/m1/s1. The third-order valence-corrected chi connectivity index (χ3v) is 7.18. The Labute approximate surface area is 209 Å². The molecule has 8 nitrogen and oxygen atoms in total. The lowest BCUT2D eigenvalue weighted by molar-refractivity contribution is -0.129. The molecule has 35 heavy (non-hydrogen) atoms. The van der Waals surface area contributed by atoms with Gasteiger partial charge in [-0.3, -0.25) is 14.5 Å². The minimum Gasteiger partial charge on any atom is -0.497 e. The number of ether oxygens (including phenoxy) is 2. The lowest BCUT2D eigenvalue weighted by Crippen LogP contribution is -2.47. The molecule has 0 saturated carbocycles. The van der Waals surface area contributed by atoms with Crippen molar-refractivity contribution in [3.8, 4) is 5.75 Å². The summed E-state index contributed by atoms with van der Waals surface area (Å²) in [6.45, 7) is 1.69. The highest BCUT2D eigenvalue weighted by Crippen LogP contribution is 2.37. The van der Waals surface area contributed by atoms with Crippen LogP contribution in [-0.2, 0) is 26.3 Å². The van der Waals surface area contributed by atoms with E-state index in [1.54, 1.807) is 13.2 Å². The number of benzene rings is 2. The number of rotatable bonds is 9. The molecule has 2 heterocycles. The van der Waals surface area contributed by atoms with Crippen LogP contribution in [0.1, 0.15) is 36.8 Å². The van der Waals surface area contributed by atoms with Gasteiger partial charge in [-0.1, -0.05) is 41.9 Å². The van der Waals surface area contributed by atoms with Crippen molar-refractivity contribution in [2.24, 2.45) is 0 Å². The molecule has 0 aliphatic carbocycles. The summed E-state index contributed by atoms with van der Waals surface area (Å²) in [4.78, 5) is 39.5. The number of hydrogen-bond donors (Lipinski definition) is 2. The Morgan fingerprint density at radius 1 is 1.17 bits per heavy atom. The molecular formula is C26H30ClN3O5. The van der Waals surface area contributed by atoms with Crippen molar-refractivity contribution in [1.29, 1.82) is 0 Å². The fraction of sp³-hybridized carbons (Fsp3) is 0.423. The maximum Gasteiger partial charge on any atom is 0.324 e. The third kappa shape index (κ3) is 5.77. The maximum atomic E-state index is 13.1. The van der Waals surface area contributed by atoms with Gasteiger partial charge in [0.05, 0.1) is 7.11 Å². The Morgan fingerprint density at radius 2 is 1.89 bits per heavy atom. The van der Waals surface area contributed by atoms with Gasteiger partial charge in [0.2, 0.25) is 5.91 Å². The van der Waals surface area contributed by atoms with Gasteiger partial charge in [0.15, 0.2) is 0 Å². The molecule has 0 radical (unpaired) electrons. The highest BCUT2D eigenvalue weighted by atomic mass is 35.5. The number of hydrogen-bond acceptors (Lipinski definition) is 5. The molecule has 0 spiro atoms. The number of imide groups is 1. The molecule has 4 rings (SSSR count). The number of nitrogens with zero attached hydrogens (tertiary/aromatic N) is 1. The van der Waals surface area contributed by atoms with E-state index < -0.39 is 17.5 Å². The molecule has 2 N–H and O–H groups in total. The van der Waals surface area contributed by atoms with Gasteiger partial charge in [0, 0.05) is 43.2 Å². The maximum absolute atomic E-state index is 13.1. The molecule has 4 amide bonds. The Balaban J connectivity index is 1.37. The van der Waals surface area contributed by atoms with E-state index in [-0.39, 0.29) is 31.2 Å². The van der Waals surface area contributed by atoms with Gasteiger partial charge in [-0.05, 0) is 48.6 Å². The molecule has 2 aliphatic heterocycles. The predicted molar refractivity (Wildman–Crippen MR) is 131 cm³/mol. The number of nitrogens with one attached hydrogen (secondary N) is 2. The Morgan fingerprint density at radius 3 is 2.57 bits per heavy atom. The number of urea groups is 1. The summed E-state index contributed by atoms with van der Waals surface area (Å²) in [5.41, 5.74) is 1.47. The van der Waals surface area contributed by atoms with E-state index in [1.807, 2.05) is 42.5 Å². The molecular weight excluding hydrogens is 470 g/mol. The van der Waals surface area contributed by atoms with Gasteiger partial charge >= 0.3 is 6.03 Å². The SMILES string of the molecule is COc1ccc(C2(CN3C(=O)N[C@H](CCC(=O)NCc4ccccc4Cl)C3=O)CCOCC2)cc1. The van der Waals surface area contributed by atoms with Crippen LogP contribution in [0.3, 0.4) is 0 Å². The zero-order chi connectivity index (χ0) is 24.8. The molecule has 2 saturated heterocycles. The average Bonchev–Trinajstić information content (AvgIpc) is 3.15. The zero-order valence-electron chi connectivity index (χ0n) is 19.7. The first-order valence-electron chi connectivity index (χ1n) is 11.8. The van der Waals surface area contributed by atoms with E-state index in [1.165, 1.54) is 4.90 Å². The first kappa shape index (κ1) is 25.0. The van der Waals surface area contributed by atoms with Crippen LogP contribution in [0.15, 0.2) is 48.5 Å². The second-order valence-corrected chi connectivity index (χ2v) is 9.36. The monoisotopic (exact) mass is 499 g/mol. The smallest absolute Gasteiger partial charge is 0.324 e. The number of carbonyl (C=O) groups excluding carboxylic acids is 3. The van der Waals surface area contributed by atoms with Crippen molar-refractivity contribution in [3.05, 3.63) is 64.7 Å². The first-order valence-corrected chi connectivity index (χ1v) is 12.1. The zero-order valence-corrected chi connectivity index (χ0v) is 20.5. The van der Waals surface area contributed by atoms with Crippen molar-refractivity contribution in [3.63, 3.8) is 0 Å². The fourth-order valence-corrected chi connectivity index (χ4v) is 4.87. The topological polar surface area (TPSA) is 97.0 Å². The van der Waals surface area contributed by atoms with E-state index >= 15 is 0 Å². The molecule has 2 aromatic carbocycles. The summed E-state index contributed by atoms with van der Waals surface area (Å²) in [5.74, 6) is 0.247. The molecule has 2 aromatic rings. The second kappa shape index (κ2) is 11.1. The Hall–Kier alpha value is -3.10. The van der Waals surface area contributed by atoms with Crippen LogP contribution in [0.4, 0.5) is 4.79 Å². The third-order valence-electron chi connectivity index (χ3n) is 6.81. The molecule has 186 valence electrons.